The van der Waals surface area contributed by atoms with Crippen LogP contribution in [0.1, 0.15) is 25.7 Å². The maximum atomic E-state index is 13.0. The van der Waals surface area contributed by atoms with Crippen LogP contribution in [0, 0.1) is 5.82 Å². The molecule has 132 valence electrons. The smallest absolute Gasteiger partial charge is 0.123 e. The van der Waals surface area contributed by atoms with E-state index < -0.39 is 5.60 Å². The molecule has 2 aliphatic heterocycles. The molecular formula is C19H28FN3O. The molecule has 3 aliphatic rings. The van der Waals surface area contributed by atoms with Gasteiger partial charge in [-0.25, -0.2) is 4.39 Å². The topological polar surface area (TPSA) is 30.0 Å². The van der Waals surface area contributed by atoms with E-state index in [0.717, 1.165) is 64.3 Å². The first kappa shape index (κ1) is 16.3. The van der Waals surface area contributed by atoms with Crippen LogP contribution in [0.5, 0.6) is 0 Å². The Morgan fingerprint density at radius 3 is 2.25 bits per heavy atom. The Kier molecular flexibility index (Phi) is 4.50. The number of likely N-dealkylation sites (tertiary alicyclic amines) is 1. The fourth-order valence-electron chi connectivity index (χ4n) is 4.51. The van der Waals surface area contributed by atoms with Crippen molar-refractivity contribution < 1.29 is 9.50 Å². The van der Waals surface area contributed by atoms with Gasteiger partial charge in [0.25, 0.3) is 0 Å². The van der Waals surface area contributed by atoms with Gasteiger partial charge in [-0.1, -0.05) is 12.8 Å². The van der Waals surface area contributed by atoms with Crippen LogP contribution in [-0.2, 0) is 0 Å². The van der Waals surface area contributed by atoms with Crippen LogP contribution in [0.4, 0.5) is 10.1 Å². The molecule has 0 aromatic heterocycles. The lowest BCUT2D eigenvalue weighted by Crippen LogP contribution is -2.64. The van der Waals surface area contributed by atoms with E-state index in [1.54, 1.807) is 12.1 Å². The number of β-amino-alcohol motifs (C(OH)–C–C–N with tert-alkyl or cyclic N) is 1. The zero-order chi connectivity index (χ0) is 16.6. The highest BCUT2D eigenvalue weighted by molar-refractivity contribution is 5.46. The third-order valence-corrected chi connectivity index (χ3v) is 6.01. The van der Waals surface area contributed by atoms with Gasteiger partial charge in [-0.2, -0.15) is 0 Å². The molecule has 1 aliphatic carbocycles. The molecule has 0 atom stereocenters. The van der Waals surface area contributed by atoms with Gasteiger partial charge in [0.15, 0.2) is 0 Å². The molecule has 1 N–H and O–H groups in total. The van der Waals surface area contributed by atoms with Crippen molar-refractivity contribution in [2.24, 2.45) is 0 Å². The molecule has 1 aromatic carbocycles. The number of rotatable bonds is 4. The van der Waals surface area contributed by atoms with Crippen molar-refractivity contribution in [1.29, 1.82) is 0 Å². The van der Waals surface area contributed by atoms with E-state index in [-0.39, 0.29) is 5.82 Å². The highest BCUT2D eigenvalue weighted by atomic mass is 19.1. The molecule has 2 heterocycles. The lowest BCUT2D eigenvalue weighted by atomic mass is 9.97. The summed E-state index contributed by atoms with van der Waals surface area (Å²) in [6, 6.07) is 7.47. The second-order valence-corrected chi connectivity index (χ2v) is 7.78. The summed E-state index contributed by atoms with van der Waals surface area (Å²) in [5.74, 6) is -0.170. The normalized spacial score (nSPS) is 25.8. The van der Waals surface area contributed by atoms with Crippen LogP contribution in [0.3, 0.4) is 0 Å². The summed E-state index contributed by atoms with van der Waals surface area (Å²) in [6.07, 6.45) is 4.31. The average molecular weight is 333 g/mol. The maximum Gasteiger partial charge on any atom is 0.123 e. The highest BCUT2D eigenvalue weighted by Crippen LogP contribution is 2.32. The molecule has 0 unspecified atom stereocenters. The van der Waals surface area contributed by atoms with Gasteiger partial charge in [0.1, 0.15) is 5.82 Å². The zero-order valence-corrected chi connectivity index (χ0v) is 14.3. The van der Waals surface area contributed by atoms with Gasteiger partial charge in [0.05, 0.1) is 5.60 Å². The summed E-state index contributed by atoms with van der Waals surface area (Å²) < 4.78 is 13.0. The first-order valence-electron chi connectivity index (χ1n) is 9.31. The number of hydrogen-bond acceptors (Lipinski definition) is 4. The van der Waals surface area contributed by atoms with Gasteiger partial charge in [0.2, 0.25) is 0 Å². The van der Waals surface area contributed by atoms with E-state index in [2.05, 4.69) is 14.7 Å². The maximum absolute atomic E-state index is 13.0. The second-order valence-electron chi connectivity index (χ2n) is 7.78. The Balaban J connectivity index is 1.22. The molecule has 3 fully saturated rings. The van der Waals surface area contributed by atoms with Crippen molar-refractivity contribution in [2.75, 3.05) is 50.7 Å². The van der Waals surface area contributed by atoms with E-state index in [1.807, 2.05) is 12.1 Å². The number of piperazine rings is 1. The Morgan fingerprint density at radius 2 is 1.62 bits per heavy atom. The SMILES string of the molecule is OC1(CN2CC(N3CCN(c4ccc(F)cc4)CC3)C2)CCCC1. The molecule has 0 bridgehead atoms. The van der Waals surface area contributed by atoms with Gasteiger partial charge in [-0.3, -0.25) is 9.80 Å². The first-order valence-corrected chi connectivity index (χ1v) is 9.31. The van der Waals surface area contributed by atoms with Crippen LogP contribution < -0.4 is 4.90 Å². The lowest BCUT2D eigenvalue weighted by Gasteiger charge is -2.50. The number of benzene rings is 1. The van der Waals surface area contributed by atoms with Crippen molar-refractivity contribution >= 4 is 5.69 Å². The molecule has 1 aromatic rings. The predicted octanol–water partition coefficient (Wildman–Crippen LogP) is 1.94. The highest BCUT2D eigenvalue weighted by Gasteiger charge is 2.39. The van der Waals surface area contributed by atoms with Crippen LogP contribution in [0.15, 0.2) is 24.3 Å². The number of nitrogens with zero attached hydrogens (tertiary/aromatic N) is 3. The van der Waals surface area contributed by atoms with E-state index in [0.29, 0.717) is 6.04 Å². The average Bonchev–Trinajstić information content (AvgIpc) is 2.98. The lowest BCUT2D eigenvalue weighted by molar-refractivity contribution is -0.0426. The van der Waals surface area contributed by atoms with Crippen LogP contribution in [0.2, 0.25) is 0 Å². The summed E-state index contributed by atoms with van der Waals surface area (Å²) in [6.45, 7) is 7.20. The fourth-order valence-corrected chi connectivity index (χ4v) is 4.51. The molecule has 24 heavy (non-hydrogen) atoms. The molecular weight excluding hydrogens is 305 g/mol. The Labute approximate surface area is 143 Å². The number of hydrogen-bond donors (Lipinski definition) is 1. The summed E-state index contributed by atoms with van der Waals surface area (Å²) >= 11 is 0. The van der Waals surface area contributed by atoms with Crippen molar-refractivity contribution in [1.82, 2.24) is 9.80 Å². The van der Waals surface area contributed by atoms with Crippen LogP contribution in [-0.4, -0.2) is 72.4 Å². The van der Waals surface area contributed by atoms with Crippen molar-refractivity contribution in [3.05, 3.63) is 30.1 Å². The summed E-state index contributed by atoms with van der Waals surface area (Å²) in [4.78, 5) is 7.34. The minimum Gasteiger partial charge on any atom is -0.389 e. The molecule has 5 heteroatoms. The largest absolute Gasteiger partial charge is 0.389 e. The summed E-state index contributed by atoms with van der Waals surface area (Å²) in [5, 5.41) is 10.5. The third-order valence-electron chi connectivity index (χ3n) is 6.01. The zero-order valence-electron chi connectivity index (χ0n) is 14.3. The molecule has 0 spiro atoms. The van der Waals surface area contributed by atoms with Crippen molar-refractivity contribution in [3.63, 3.8) is 0 Å². The van der Waals surface area contributed by atoms with Gasteiger partial charge < -0.3 is 10.0 Å². The van der Waals surface area contributed by atoms with Crippen LogP contribution in [0.25, 0.3) is 0 Å². The van der Waals surface area contributed by atoms with E-state index >= 15 is 0 Å². The third kappa shape index (κ3) is 3.44. The Bertz CT molecular complexity index is 544. The van der Waals surface area contributed by atoms with Gasteiger partial charge in [-0.15, -0.1) is 0 Å². The number of anilines is 1. The molecule has 0 amide bonds. The first-order chi connectivity index (χ1) is 11.6. The molecule has 1 saturated carbocycles. The number of halogens is 1. The standard InChI is InChI=1S/C19H28FN3O/c20-16-3-5-17(6-4-16)22-9-11-23(12-10-22)18-13-21(14-18)15-19(24)7-1-2-8-19/h3-6,18,24H,1-2,7-15H2. The molecule has 0 radical (unpaired) electrons. The summed E-state index contributed by atoms with van der Waals surface area (Å²) in [7, 11) is 0. The fraction of sp³-hybridized carbons (Fsp3) is 0.684. The van der Waals surface area contributed by atoms with Crippen LogP contribution >= 0.6 is 0 Å². The van der Waals surface area contributed by atoms with Gasteiger partial charge in [-0.05, 0) is 37.1 Å². The molecule has 4 nitrogen and oxygen atoms in total. The van der Waals surface area contributed by atoms with Gasteiger partial charge in [0, 0.05) is 57.5 Å². The number of aliphatic hydroxyl groups is 1. The minimum atomic E-state index is -0.410. The Hall–Kier alpha value is -1.17. The molecule has 2 saturated heterocycles. The Morgan fingerprint density at radius 1 is 1.00 bits per heavy atom. The summed E-state index contributed by atoms with van der Waals surface area (Å²) in [5.41, 5.74) is 0.710. The van der Waals surface area contributed by atoms with Crippen molar-refractivity contribution in [2.45, 2.75) is 37.3 Å². The van der Waals surface area contributed by atoms with E-state index in [9.17, 15) is 9.50 Å². The molecule has 4 rings (SSSR count). The second kappa shape index (κ2) is 6.62. The predicted molar refractivity (Wildman–Crippen MR) is 93.8 cm³/mol. The van der Waals surface area contributed by atoms with E-state index in [1.165, 1.54) is 12.8 Å². The van der Waals surface area contributed by atoms with Crippen molar-refractivity contribution in [3.8, 4) is 0 Å². The quantitative estimate of drug-likeness (QED) is 0.912. The monoisotopic (exact) mass is 333 g/mol. The minimum absolute atomic E-state index is 0.170. The van der Waals surface area contributed by atoms with Gasteiger partial charge >= 0.3 is 0 Å². The van der Waals surface area contributed by atoms with E-state index in [4.69, 9.17) is 0 Å².